The van der Waals surface area contributed by atoms with Crippen molar-refractivity contribution in [3.8, 4) is 11.5 Å². The zero-order chi connectivity index (χ0) is 13.1. The number of pyridine rings is 1. The summed E-state index contributed by atoms with van der Waals surface area (Å²) >= 11 is 0. The quantitative estimate of drug-likeness (QED) is 0.845. The normalized spacial score (nSPS) is 14.6. The van der Waals surface area contributed by atoms with E-state index in [9.17, 15) is 0 Å². The van der Waals surface area contributed by atoms with E-state index in [0.29, 0.717) is 6.73 Å². The van der Waals surface area contributed by atoms with Crippen LogP contribution in [0.25, 0.3) is 0 Å². The molecule has 0 fully saturated rings. The van der Waals surface area contributed by atoms with Crippen LogP contribution < -0.4 is 9.47 Å². The average Bonchev–Trinajstić information content (AvgIpc) is 2.47. The van der Waals surface area contributed by atoms with Crippen molar-refractivity contribution in [1.29, 1.82) is 0 Å². The molecule has 2 heterocycles. The summed E-state index contributed by atoms with van der Waals surface area (Å²) in [5, 5.41) is 0. The molecule has 0 radical (unpaired) electrons. The smallest absolute Gasteiger partial charge is 0.167 e. The highest BCUT2D eigenvalue weighted by molar-refractivity contribution is 5.47. The number of para-hydroxylation sites is 1. The molecule has 0 atom stereocenters. The fraction of sp³-hybridized carbons (Fsp3) is 0.267. The van der Waals surface area contributed by atoms with Crippen LogP contribution >= 0.6 is 0 Å². The highest BCUT2D eigenvalue weighted by Gasteiger charge is 2.20. The van der Waals surface area contributed by atoms with Gasteiger partial charge < -0.3 is 9.47 Å². The van der Waals surface area contributed by atoms with Crippen molar-refractivity contribution >= 4 is 0 Å². The molecule has 1 aliphatic heterocycles. The van der Waals surface area contributed by atoms with Crippen LogP contribution in [0, 0.1) is 0 Å². The lowest BCUT2D eigenvalue weighted by Gasteiger charge is -2.29. The highest BCUT2D eigenvalue weighted by atomic mass is 16.5. The van der Waals surface area contributed by atoms with Crippen molar-refractivity contribution in [2.24, 2.45) is 0 Å². The van der Waals surface area contributed by atoms with E-state index >= 15 is 0 Å². The second-order valence-electron chi connectivity index (χ2n) is 4.56. The summed E-state index contributed by atoms with van der Waals surface area (Å²) in [7, 11) is 1.67. The van der Waals surface area contributed by atoms with Crippen LogP contribution in [0.15, 0.2) is 42.7 Å². The second-order valence-corrected chi connectivity index (χ2v) is 4.56. The van der Waals surface area contributed by atoms with Crippen molar-refractivity contribution in [2.75, 3.05) is 13.8 Å². The Morgan fingerprint density at radius 2 is 2.11 bits per heavy atom. The fourth-order valence-corrected chi connectivity index (χ4v) is 2.30. The van der Waals surface area contributed by atoms with Gasteiger partial charge in [0.1, 0.15) is 6.73 Å². The maximum absolute atomic E-state index is 5.82. The number of aromatic nitrogens is 1. The SMILES string of the molecule is COc1cccc2c1OCN(Cc1ccncc1)C2. The molecular weight excluding hydrogens is 240 g/mol. The molecule has 3 rings (SSSR count). The lowest BCUT2D eigenvalue weighted by atomic mass is 10.1. The number of hydrogen-bond donors (Lipinski definition) is 0. The molecule has 0 aliphatic carbocycles. The van der Waals surface area contributed by atoms with Gasteiger partial charge in [-0.2, -0.15) is 0 Å². The van der Waals surface area contributed by atoms with E-state index in [-0.39, 0.29) is 0 Å². The predicted molar refractivity (Wildman–Crippen MR) is 72.0 cm³/mol. The third-order valence-electron chi connectivity index (χ3n) is 3.22. The van der Waals surface area contributed by atoms with Gasteiger partial charge in [-0.25, -0.2) is 0 Å². The molecule has 4 heteroatoms. The monoisotopic (exact) mass is 256 g/mol. The van der Waals surface area contributed by atoms with Crippen LogP contribution in [-0.2, 0) is 13.1 Å². The Labute approximate surface area is 112 Å². The average molecular weight is 256 g/mol. The number of methoxy groups -OCH3 is 1. The maximum atomic E-state index is 5.82. The van der Waals surface area contributed by atoms with Crippen LogP contribution in [-0.4, -0.2) is 23.7 Å². The lowest BCUT2D eigenvalue weighted by Crippen LogP contribution is -2.31. The van der Waals surface area contributed by atoms with E-state index < -0.39 is 0 Å². The second kappa shape index (κ2) is 5.28. The van der Waals surface area contributed by atoms with Crippen molar-refractivity contribution in [3.05, 3.63) is 53.9 Å². The van der Waals surface area contributed by atoms with E-state index in [1.807, 2.05) is 36.7 Å². The van der Waals surface area contributed by atoms with E-state index in [1.165, 1.54) is 11.1 Å². The minimum Gasteiger partial charge on any atom is -0.493 e. The lowest BCUT2D eigenvalue weighted by molar-refractivity contribution is 0.0854. The van der Waals surface area contributed by atoms with E-state index in [4.69, 9.17) is 9.47 Å². The highest BCUT2D eigenvalue weighted by Crippen LogP contribution is 2.34. The Bertz CT molecular complexity index is 557. The van der Waals surface area contributed by atoms with Gasteiger partial charge in [0, 0.05) is 31.0 Å². The first-order valence-corrected chi connectivity index (χ1v) is 6.27. The predicted octanol–water partition coefficient (Wildman–Crippen LogP) is 2.44. The number of rotatable bonds is 3. The molecule has 0 N–H and O–H groups in total. The summed E-state index contributed by atoms with van der Waals surface area (Å²) in [6.45, 7) is 2.31. The Hall–Kier alpha value is -2.07. The Kier molecular flexibility index (Phi) is 3.33. The molecule has 4 nitrogen and oxygen atoms in total. The standard InChI is InChI=1S/C15H16N2O2/c1-18-14-4-2-3-13-10-17(11-19-15(13)14)9-12-5-7-16-8-6-12/h2-8H,9-11H2,1H3. The van der Waals surface area contributed by atoms with Crippen molar-refractivity contribution in [1.82, 2.24) is 9.88 Å². The summed E-state index contributed by atoms with van der Waals surface area (Å²) in [4.78, 5) is 6.28. The van der Waals surface area contributed by atoms with E-state index in [2.05, 4.69) is 16.0 Å². The van der Waals surface area contributed by atoms with Gasteiger partial charge >= 0.3 is 0 Å². The van der Waals surface area contributed by atoms with Crippen LogP contribution in [0.2, 0.25) is 0 Å². The number of nitrogens with zero attached hydrogens (tertiary/aromatic N) is 2. The van der Waals surface area contributed by atoms with Crippen molar-refractivity contribution in [2.45, 2.75) is 13.1 Å². The Balaban J connectivity index is 1.76. The summed E-state index contributed by atoms with van der Waals surface area (Å²) in [5.74, 6) is 1.68. The molecule has 1 aromatic heterocycles. The van der Waals surface area contributed by atoms with E-state index in [1.54, 1.807) is 7.11 Å². The van der Waals surface area contributed by atoms with Crippen molar-refractivity contribution < 1.29 is 9.47 Å². The first kappa shape index (κ1) is 12.0. The molecule has 0 bridgehead atoms. The molecule has 19 heavy (non-hydrogen) atoms. The summed E-state index contributed by atoms with van der Waals surface area (Å²) < 4.78 is 11.1. The van der Waals surface area contributed by atoms with Gasteiger partial charge in [0.2, 0.25) is 0 Å². The van der Waals surface area contributed by atoms with Gasteiger partial charge in [-0.1, -0.05) is 12.1 Å². The summed E-state index contributed by atoms with van der Waals surface area (Å²) in [6.07, 6.45) is 3.63. The van der Waals surface area contributed by atoms with Crippen LogP contribution in [0.3, 0.4) is 0 Å². The largest absolute Gasteiger partial charge is 0.493 e. The van der Waals surface area contributed by atoms with Crippen LogP contribution in [0.5, 0.6) is 11.5 Å². The molecular formula is C15H16N2O2. The maximum Gasteiger partial charge on any atom is 0.167 e. The van der Waals surface area contributed by atoms with Crippen LogP contribution in [0.4, 0.5) is 0 Å². The molecule has 1 aromatic carbocycles. The molecule has 1 aliphatic rings. The number of fused-ring (bicyclic) bond motifs is 1. The molecule has 0 unspecified atom stereocenters. The number of hydrogen-bond acceptors (Lipinski definition) is 4. The van der Waals surface area contributed by atoms with Gasteiger partial charge in [-0.15, -0.1) is 0 Å². The molecule has 98 valence electrons. The van der Waals surface area contributed by atoms with Gasteiger partial charge in [0.15, 0.2) is 11.5 Å². The Morgan fingerprint density at radius 3 is 2.89 bits per heavy atom. The van der Waals surface area contributed by atoms with Crippen LogP contribution in [0.1, 0.15) is 11.1 Å². The molecule has 0 saturated carbocycles. The zero-order valence-corrected chi connectivity index (χ0v) is 10.9. The number of benzene rings is 1. The molecule has 2 aromatic rings. The summed E-state index contributed by atoms with van der Waals surface area (Å²) in [6, 6.07) is 10.1. The van der Waals surface area contributed by atoms with Crippen molar-refractivity contribution in [3.63, 3.8) is 0 Å². The third kappa shape index (κ3) is 2.53. The van der Waals surface area contributed by atoms with Gasteiger partial charge in [-0.05, 0) is 23.8 Å². The Morgan fingerprint density at radius 1 is 1.26 bits per heavy atom. The molecule has 0 spiro atoms. The number of ether oxygens (including phenoxy) is 2. The molecule has 0 amide bonds. The first-order valence-electron chi connectivity index (χ1n) is 6.27. The first-order chi connectivity index (χ1) is 9.36. The van der Waals surface area contributed by atoms with E-state index in [0.717, 1.165) is 24.6 Å². The minimum absolute atomic E-state index is 0.579. The van der Waals surface area contributed by atoms with Gasteiger partial charge in [-0.3, -0.25) is 9.88 Å². The van der Waals surface area contributed by atoms with Gasteiger partial charge in [0.05, 0.1) is 7.11 Å². The molecule has 0 saturated heterocycles. The van der Waals surface area contributed by atoms with Gasteiger partial charge in [0.25, 0.3) is 0 Å². The third-order valence-corrected chi connectivity index (χ3v) is 3.22. The summed E-state index contributed by atoms with van der Waals surface area (Å²) in [5.41, 5.74) is 2.41. The fourth-order valence-electron chi connectivity index (χ4n) is 2.30. The zero-order valence-electron chi connectivity index (χ0n) is 10.9. The minimum atomic E-state index is 0.579. The topological polar surface area (TPSA) is 34.6 Å².